The van der Waals surface area contributed by atoms with Crippen LogP contribution in [0.4, 0.5) is 4.79 Å². The maximum Gasteiger partial charge on any atom is 0.407 e. The van der Waals surface area contributed by atoms with E-state index in [9.17, 15) is 4.79 Å². The number of alkyl carbamates (subject to hydrolysis) is 1. The van der Waals surface area contributed by atoms with E-state index in [1.807, 2.05) is 20.8 Å². The summed E-state index contributed by atoms with van der Waals surface area (Å²) in [7, 11) is 0. The van der Waals surface area contributed by atoms with Gasteiger partial charge in [-0.15, -0.1) is 0 Å². The number of carbonyl (C=O) groups is 1. The summed E-state index contributed by atoms with van der Waals surface area (Å²) in [5.74, 6) is 0. The third kappa shape index (κ3) is 7.99. The van der Waals surface area contributed by atoms with E-state index >= 15 is 0 Å². The van der Waals surface area contributed by atoms with Crippen LogP contribution in [-0.2, 0) is 9.47 Å². The SMILES string of the molecule is CCCC(NC(=O)OC(C)(C)C)C(N)COC1CCCCC1. The van der Waals surface area contributed by atoms with E-state index in [4.69, 9.17) is 15.2 Å². The summed E-state index contributed by atoms with van der Waals surface area (Å²) in [6, 6.07) is -0.308. The van der Waals surface area contributed by atoms with Gasteiger partial charge in [0.25, 0.3) is 0 Å². The van der Waals surface area contributed by atoms with Crippen LogP contribution >= 0.6 is 0 Å². The third-order valence-corrected chi connectivity index (χ3v) is 3.90. The van der Waals surface area contributed by atoms with Gasteiger partial charge in [-0.1, -0.05) is 32.6 Å². The summed E-state index contributed by atoms with van der Waals surface area (Å²) < 4.78 is 11.3. The predicted octanol–water partition coefficient (Wildman–Crippen LogP) is 3.36. The fourth-order valence-corrected chi connectivity index (χ4v) is 2.76. The Kier molecular flexibility index (Phi) is 8.18. The molecule has 3 N–H and O–H groups in total. The smallest absolute Gasteiger partial charge is 0.407 e. The maximum absolute atomic E-state index is 11.9. The molecule has 1 saturated carbocycles. The van der Waals surface area contributed by atoms with Gasteiger partial charge >= 0.3 is 6.09 Å². The van der Waals surface area contributed by atoms with E-state index in [2.05, 4.69) is 12.2 Å². The molecule has 0 bridgehead atoms. The zero-order valence-corrected chi connectivity index (χ0v) is 14.7. The average molecular weight is 314 g/mol. The number of rotatable bonds is 7. The third-order valence-electron chi connectivity index (χ3n) is 3.90. The van der Waals surface area contributed by atoms with Gasteiger partial charge in [-0.25, -0.2) is 4.79 Å². The lowest BCUT2D eigenvalue weighted by Crippen LogP contribution is -2.51. The standard InChI is InChI=1S/C17H34N2O3/c1-5-9-15(19-16(20)22-17(2,3)4)14(18)12-21-13-10-7-6-8-11-13/h13-15H,5-12,18H2,1-4H3,(H,19,20). The van der Waals surface area contributed by atoms with Crippen molar-refractivity contribution in [3.8, 4) is 0 Å². The number of carbonyl (C=O) groups excluding carboxylic acids is 1. The molecule has 1 aliphatic rings. The van der Waals surface area contributed by atoms with E-state index in [-0.39, 0.29) is 12.1 Å². The van der Waals surface area contributed by atoms with E-state index in [1.165, 1.54) is 19.3 Å². The number of nitrogens with two attached hydrogens (primary N) is 1. The molecular weight excluding hydrogens is 280 g/mol. The highest BCUT2D eigenvalue weighted by Crippen LogP contribution is 2.20. The van der Waals surface area contributed by atoms with Crippen LogP contribution in [0.3, 0.4) is 0 Å². The predicted molar refractivity (Wildman–Crippen MR) is 88.9 cm³/mol. The van der Waals surface area contributed by atoms with Crippen molar-refractivity contribution in [2.75, 3.05) is 6.61 Å². The molecule has 5 heteroatoms. The molecule has 1 fully saturated rings. The number of nitrogens with one attached hydrogen (secondary N) is 1. The van der Waals surface area contributed by atoms with Crippen LogP contribution in [0.15, 0.2) is 0 Å². The van der Waals surface area contributed by atoms with Crippen molar-refractivity contribution in [3.05, 3.63) is 0 Å². The van der Waals surface area contributed by atoms with Gasteiger partial charge < -0.3 is 20.5 Å². The van der Waals surface area contributed by atoms with Crippen molar-refractivity contribution in [2.45, 2.75) is 96.4 Å². The van der Waals surface area contributed by atoms with E-state index < -0.39 is 11.7 Å². The van der Waals surface area contributed by atoms with E-state index in [1.54, 1.807) is 0 Å². The van der Waals surface area contributed by atoms with Crippen LogP contribution in [0.25, 0.3) is 0 Å². The van der Waals surface area contributed by atoms with Crippen molar-refractivity contribution in [1.82, 2.24) is 5.32 Å². The van der Waals surface area contributed by atoms with E-state index in [0.717, 1.165) is 25.7 Å². The normalized spacial score (nSPS) is 19.5. The Balaban J connectivity index is 2.41. The Morgan fingerprint density at radius 3 is 2.45 bits per heavy atom. The number of hydrogen-bond acceptors (Lipinski definition) is 4. The number of hydrogen-bond donors (Lipinski definition) is 2. The summed E-state index contributed by atoms with van der Waals surface area (Å²) in [4.78, 5) is 11.9. The van der Waals surface area contributed by atoms with Gasteiger partial charge in [-0.2, -0.15) is 0 Å². The van der Waals surface area contributed by atoms with E-state index in [0.29, 0.717) is 12.7 Å². The van der Waals surface area contributed by atoms with Crippen LogP contribution < -0.4 is 11.1 Å². The molecule has 0 aliphatic heterocycles. The van der Waals surface area contributed by atoms with Crippen LogP contribution in [0, 0.1) is 0 Å². The Morgan fingerprint density at radius 2 is 1.91 bits per heavy atom. The highest BCUT2D eigenvalue weighted by atomic mass is 16.6. The largest absolute Gasteiger partial charge is 0.444 e. The van der Waals surface area contributed by atoms with Crippen molar-refractivity contribution >= 4 is 6.09 Å². The maximum atomic E-state index is 11.9. The van der Waals surface area contributed by atoms with Gasteiger partial charge in [0.05, 0.1) is 12.7 Å². The quantitative estimate of drug-likeness (QED) is 0.755. The molecule has 1 aliphatic carbocycles. The lowest BCUT2D eigenvalue weighted by Gasteiger charge is -2.29. The Hall–Kier alpha value is -0.810. The molecule has 2 unspecified atom stereocenters. The summed E-state index contributed by atoms with van der Waals surface area (Å²) in [6.45, 7) is 8.14. The van der Waals surface area contributed by atoms with Gasteiger partial charge in [-0.3, -0.25) is 0 Å². The molecule has 2 atom stereocenters. The minimum Gasteiger partial charge on any atom is -0.444 e. The molecule has 130 valence electrons. The second kappa shape index (κ2) is 9.36. The molecular formula is C17H34N2O3. The molecule has 0 heterocycles. The first-order valence-electron chi connectivity index (χ1n) is 8.68. The second-order valence-electron chi connectivity index (χ2n) is 7.30. The number of ether oxygens (including phenoxy) is 2. The highest BCUT2D eigenvalue weighted by molar-refractivity contribution is 5.68. The second-order valence-corrected chi connectivity index (χ2v) is 7.30. The first-order valence-corrected chi connectivity index (χ1v) is 8.68. The minimum absolute atomic E-state index is 0.108. The molecule has 0 radical (unpaired) electrons. The van der Waals surface area contributed by atoms with Gasteiger partial charge in [0.2, 0.25) is 0 Å². The molecule has 5 nitrogen and oxygen atoms in total. The topological polar surface area (TPSA) is 73.6 Å². The van der Waals surface area contributed by atoms with Gasteiger partial charge in [-0.05, 0) is 40.0 Å². The fraction of sp³-hybridized carbons (Fsp3) is 0.941. The van der Waals surface area contributed by atoms with Crippen LogP contribution in [0.2, 0.25) is 0 Å². The molecule has 0 aromatic carbocycles. The summed E-state index contributed by atoms with van der Waals surface area (Å²) in [5.41, 5.74) is 5.74. The Morgan fingerprint density at radius 1 is 1.27 bits per heavy atom. The summed E-state index contributed by atoms with van der Waals surface area (Å²) >= 11 is 0. The van der Waals surface area contributed by atoms with Gasteiger partial charge in [0, 0.05) is 12.1 Å². The fourth-order valence-electron chi connectivity index (χ4n) is 2.76. The average Bonchev–Trinajstić information content (AvgIpc) is 2.43. The van der Waals surface area contributed by atoms with Crippen molar-refractivity contribution < 1.29 is 14.3 Å². The zero-order chi connectivity index (χ0) is 16.6. The first-order chi connectivity index (χ1) is 10.3. The first kappa shape index (κ1) is 19.2. The van der Waals surface area contributed by atoms with Crippen LogP contribution in [0.5, 0.6) is 0 Å². The molecule has 22 heavy (non-hydrogen) atoms. The molecule has 0 spiro atoms. The highest BCUT2D eigenvalue weighted by Gasteiger charge is 2.24. The lowest BCUT2D eigenvalue weighted by molar-refractivity contribution is 0.0133. The lowest BCUT2D eigenvalue weighted by atomic mass is 9.97. The monoisotopic (exact) mass is 314 g/mol. The molecule has 1 amide bonds. The molecule has 0 aromatic heterocycles. The van der Waals surface area contributed by atoms with Gasteiger partial charge in [0.15, 0.2) is 0 Å². The summed E-state index contributed by atoms with van der Waals surface area (Å²) in [5, 5.41) is 2.90. The minimum atomic E-state index is -0.496. The van der Waals surface area contributed by atoms with Crippen LogP contribution in [0.1, 0.15) is 72.6 Å². The zero-order valence-electron chi connectivity index (χ0n) is 14.7. The molecule has 1 rings (SSSR count). The Bertz CT molecular complexity index is 322. The van der Waals surface area contributed by atoms with Crippen LogP contribution in [-0.4, -0.2) is 36.5 Å². The number of amides is 1. The molecule has 0 saturated heterocycles. The Labute approximate surface area is 135 Å². The summed E-state index contributed by atoms with van der Waals surface area (Å²) in [6.07, 6.45) is 7.78. The van der Waals surface area contributed by atoms with Crippen molar-refractivity contribution in [1.29, 1.82) is 0 Å². The van der Waals surface area contributed by atoms with Crippen molar-refractivity contribution in [2.24, 2.45) is 5.73 Å². The van der Waals surface area contributed by atoms with Crippen molar-refractivity contribution in [3.63, 3.8) is 0 Å². The van der Waals surface area contributed by atoms with Gasteiger partial charge in [0.1, 0.15) is 5.60 Å². The molecule has 0 aromatic rings.